The Balaban J connectivity index is 1.51. The lowest BCUT2D eigenvalue weighted by Gasteiger charge is -2.30. The van der Waals surface area contributed by atoms with E-state index in [1.807, 2.05) is 41.8 Å². The van der Waals surface area contributed by atoms with E-state index in [4.69, 9.17) is 4.74 Å². The summed E-state index contributed by atoms with van der Waals surface area (Å²) in [5, 5.41) is 5.35. The minimum atomic E-state index is -0.161. The Hall–Kier alpha value is -2.77. The maximum atomic E-state index is 12.7. The molecule has 1 saturated heterocycles. The van der Waals surface area contributed by atoms with Crippen molar-refractivity contribution >= 4 is 28.1 Å². The first-order valence-corrected chi connectivity index (χ1v) is 9.70. The summed E-state index contributed by atoms with van der Waals surface area (Å²) in [4.78, 5) is 23.7. The van der Waals surface area contributed by atoms with E-state index in [1.165, 1.54) is 11.3 Å². The van der Waals surface area contributed by atoms with Gasteiger partial charge in [0.1, 0.15) is 5.69 Å². The van der Waals surface area contributed by atoms with Gasteiger partial charge >= 0.3 is 0 Å². The van der Waals surface area contributed by atoms with E-state index in [0.29, 0.717) is 23.9 Å². The van der Waals surface area contributed by atoms with E-state index in [-0.39, 0.29) is 5.91 Å². The number of carbonyl (C=O) groups is 1. The number of aryl methyl sites for hydroxylation is 1. The Bertz CT molecular complexity index is 936. The Kier molecular flexibility index (Phi) is 5.13. The van der Waals surface area contributed by atoms with Crippen molar-refractivity contribution < 1.29 is 9.53 Å². The highest BCUT2D eigenvalue weighted by Gasteiger charge is 2.16. The minimum absolute atomic E-state index is 0.161. The normalized spacial score (nSPS) is 14.2. The Morgan fingerprint density at radius 1 is 1.19 bits per heavy atom. The Morgan fingerprint density at radius 3 is 2.81 bits per heavy atom. The number of hydrogen-bond donors (Lipinski definition) is 1. The smallest absolute Gasteiger partial charge is 0.257 e. The van der Waals surface area contributed by atoms with Crippen LogP contribution in [0.5, 0.6) is 0 Å². The fourth-order valence-corrected chi connectivity index (χ4v) is 3.73. The zero-order valence-electron chi connectivity index (χ0n) is 15.0. The SMILES string of the molecule is Cc1ccc(C(=O)Nc2nc(-c3ccccn3)cs2)cc1N1CCOCC1. The summed E-state index contributed by atoms with van der Waals surface area (Å²) in [6.45, 7) is 5.17. The van der Waals surface area contributed by atoms with Crippen LogP contribution in [0.4, 0.5) is 10.8 Å². The predicted molar refractivity (Wildman–Crippen MR) is 108 cm³/mol. The van der Waals surface area contributed by atoms with Crippen LogP contribution in [-0.4, -0.2) is 42.2 Å². The van der Waals surface area contributed by atoms with Gasteiger partial charge in [-0.15, -0.1) is 11.3 Å². The first kappa shape index (κ1) is 17.6. The van der Waals surface area contributed by atoms with Gasteiger partial charge in [0.15, 0.2) is 5.13 Å². The molecular formula is C20H20N4O2S. The molecule has 2 aromatic heterocycles. The van der Waals surface area contributed by atoms with Gasteiger partial charge in [0.2, 0.25) is 0 Å². The number of pyridine rings is 1. The van der Waals surface area contributed by atoms with E-state index in [2.05, 4.69) is 27.1 Å². The Labute approximate surface area is 161 Å². The molecule has 0 saturated carbocycles. The van der Waals surface area contributed by atoms with E-state index < -0.39 is 0 Å². The van der Waals surface area contributed by atoms with E-state index >= 15 is 0 Å². The lowest BCUT2D eigenvalue weighted by molar-refractivity contribution is 0.102. The number of hydrogen-bond acceptors (Lipinski definition) is 6. The number of ether oxygens (including phenoxy) is 1. The van der Waals surface area contributed by atoms with Gasteiger partial charge in [-0.3, -0.25) is 15.1 Å². The van der Waals surface area contributed by atoms with Gasteiger partial charge in [0.25, 0.3) is 5.91 Å². The highest BCUT2D eigenvalue weighted by molar-refractivity contribution is 7.14. The van der Waals surface area contributed by atoms with Crippen molar-refractivity contribution in [3.8, 4) is 11.4 Å². The zero-order chi connectivity index (χ0) is 18.6. The molecule has 4 rings (SSSR count). The van der Waals surface area contributed by atoms with Crippen LogP contribution in [0, 0.1) is 6.92 Å². The number of nitrogens with zero attached hydrogens (tertiary/aromatic N) is 3. The number of morpholine rings is 1. The molecule has 1 N–H and O–H groups in total. The van der Waals surface area contributed by atoms with Crippen LogP contribution >= 0.6 is 11.3 Å². The van der Waals surface area contributed by atoms with Crippen LogP contribution in [0.1, 0.15) is 15.9 Å². The van der Waals surface area contributed by atoms with E-state index in [1.54, 1.807) is 6.20 Å². The second kappa shape index (κ2) is 7.85. The molecule has 1 aliphatic heterocycles. The summed E-state index contributed by atoms with van der Waals surface area (Å²) in [5.41, 5.74) is 4.41. The van der Waals surface area contributed by atoms with Gasteiger partial charge in [-0.2, -0.15) is 0 Å². The molecule has 0 bridgehead atoms. The van der Waals surface area contributed by atoms with Crippen molar-refractivity contribution in [2.24, 2.45) is 0 Å². The average molecular weight is 380 g/mol. The highest BCUT2D eigenvalue weighted by atomic mass is 32.1. The third-order valence-corrected chi connectivity index (χ3v) is 5.23. The number of amides is 1. The molecule has 0 atom stereocenters. The van der Waals surface area contributed by atoms with Crippen LogP contribution in [0.2, 0.25) is 0 Å². The van der Waals surface area contributed by atoms with Crippen LogP contribution in [0.15, 0.2) is 48.0 Å². The molecule has 1 aromatic carbocycles. The summed E-state index contributed by atoms with van der Waals surface area (Å²) in [5.74, 6) is -0.161. The van der Waals surface area contributed by atoms with Crippen molar-refractivity contribution in [1.82, 2.24) is 9.97 Å². The molecule has 3 aromatic rings. The standard InChI is InChI=1S/C20H20N4O2S/c1-14-5-6-15(12-18(14)24-8-10-26-11-9-24)19(25)23-20-22-17(13-27-20)16-4-2-3-7-21-16/h2-7,12-13H,8-11H2,1H3,(H,22,23,25). The number of rotatable bonds is 4. The molecular weight excluding hydrogens is 360 g/mol. The van der Waals surface area contributed by atoms with Crippen LogP contribution in [0.25, 0.3) is 11.4 Å². The molecule has 1 aliphatic rings. The molecule has 0 spiro atoms. The fourth-order valence-electron chi connectivity index (χ4n) is 3.03. The molecule has 138 valence electrons. The lowest BCUT2D eigenvalue weighted by Crippen LogP contribution is -2.36. The third-order valence-electron chi connectivity index (χ3n) is 4.48. The second-order valence-corrected chi connectivity index (χ2v) is 7.17. The van der Waals surface area contributed by atoms with E-state index in [9.17, 15) is 4.79 Å². The van der Waals surface area contributed by atoms with Gasteiger partial charge in [-0.05, 0) is 36.8 Å². The number of aromatic nitrogens is 2. The van der Waals surface area contributed by atoms with Crippen molar-refractivity contribution in [3.63, 3.8) is 0 Å². The highest BCUT2D eigenvalue weighted by Crippen LogP contribution is 2.26. The topological polar surface area (TPSA) is 67.4 Å². The van der Waals surface area contributed by atoms with Gasteiger partial charge in [-0.1, -0.05) is 12.1 Å². The van der Waals surface area contributed by atoms with Crippen LogP contribution in [0.3, 0.4) is 0 Å². The molecule has 1 fully saturated rings. The summed E-state index contributed by atoms with van der Waals surface area (Å²) in [7, 11) is 0. The lowest BCUT2D eigenvalue weighted by atomic mass is 10.1. The first-order chi connectivity index (χ1) is 13.2. The summed E-state index contributed by atoms with van der Waals surface area (Å²) >= 11 is 1.39. The number of anilines is 2. The fraction of sp³-hybridized carbons (Fsp3) is 0.250. The van der Waals surface area contributed by atoms with Gasteiger partial charge in [0.05, 0.1) is 18.9 Å². The van der Waals surface area contributed by atoms with Gasteiger partial charge < -0.3 is 9.64 Å². The zero-order valence-corrected chi connectivity index (χ0v) is 15.8. The van der Waals surface area contributed by atoms with Crippen molar-refractivity contribution in [2.75, 3.05) is 36.5 Å². The summed E-state index contributed by atoms with van der Waals surface area (Å²) in [6, 6.07) is 11.5. The molecule has 7 heteroatoms. The van der Waals surface area contributed by atoms with Gasteiger partial charge in [-0.25, -0.2) is 4.98 Å². The maximum absolute atomic E-state index is 12.7. The number of benzene rings is 1. The molecule has 3 heterocycles. The van der Waals surface area contributed by atoms with E-state index in [0.717, 1.165) is 35.7 Å². The molecule has 0 unspecified atom stereocenters. The summed E-state index contributed by atoms with van der Waals surface area (Å²) < 4.78 is 5.42. The van der Waals surface area contributed by atoms with Crippen LogP contribution in [-0.2, 0) is 4.74 Å². The first-order valence-electron chi connectivity index (χ1n) is 8.82. The monoisotopic (exact) mass is 380 g/mol. The largest absolute Gasteiger partial charge is 0.378 e. The minimum Gasteiger partial charge on any atom is -0.378 e. The molecule has 27 heavy (non-hydrogen) atoms. The summed E-state index contributed by atoms with van der Waals surface area (Å²) in [6.07, 6.45) is 1.73. The van der Waals surface area contributed by atoms with Crippen molar-refractivity contribution in [1.29, 1.82) is 0 Å². The van der Waals surface area contributed by atoms with Crippen LogP contribution < -0.4 is 10.2 Å². The number of carbonyl (C=O) groups excluding carboxylic acids is 1. The number of nitrogens with one attached hydrogen (secondary N) is 1. The Morgan fingerprint density at radius 2 is 2.04 bits per heavy atom. The molecule has 0 aliphatic carbocycles. The number of thiazole rings is 1. The molecule has 6 nitrogen and oxygen atoms in total. The van der Waals surface area contributed by atoms with Crippen molar-refractivity contribution in [2.45, 2.75) is 6.92 Å². The third kappa shape index (κ3) is 3.99. The molecule has 0 radical (unpaired) electrons. The second-order valence-electron chi connectivity index (χ2n) is 6.31. The molecule has 1 amide bonds. The maximum Gasteiger partial charge on any atom is 0.257 e. The predicted octanol–water partition coefficient (Wildman–Crippen LogP) is 3.60. The quantitative estimate of drug-likeness (QED) is 0.749. The average Bonchev–Trinajstić information content (AvgIpc) is 3.18. The van der Waals surface area contributed by atoms with Gasteiger partial charge in [0, 0.05) is 35.9 Å². The van der Waals surface area contributed by atoms with Crippen molar-refractivity contribution in [3.05, 3.63) is 59.1 Å².